The Balaban J connectivity index is 1.64. The molecular formula is C26H44N4O6. The van der Waals surface area contributed by atoms with E-state index in [2.05, 4.69) is 15.5 Å². The van der Waals surface area contributed by atoms with E-state index in [0.29, 0.717) is 52.1 Å². The van der Waals surface area contributed by atoms with Crippen LogP contribution in [0.2, 0.25) is 0 Å². The maximum atomic E-state index is 14.1. The van der Waals surface area contributed by atoms with Crippen LogP contribution in [0.25, 0.3) is 0 Å². The average molecular weight is 509 g/mol. The van der Waals surface area contributed by atoms with Crippen molar-refractivity contribution in [1.82, 2.24) is 20.4 Å². The summed E-state index contributed by atoms with van der Waals surface area (Å²) in [5.41, 5.74) is -1.81. The summed E-state index contributed by atoms with van der Waals surface area (Å²) in [4.78, 5) is 45.2. The van der Waals surface area contributed by atoms with Crippen LogP contribution in [-0.4, -0.2) is 108 Å². The molecule has 0 aromatic carbocycles. The van der Waals surface area contributed by atoms with E-state index in [1.165, 1.54) is 0 Å². The number of fused-ring (bicyclic) bond motifs is 1. The highest BCUT2D eigenvalue weighted by Crippen LogP contribution is 2.64. The second-order valence-electron chi connectivity index (χ2n) is 11.1. The molecule has 4 aliphatic rings. The van der Waals surface area contributed by atoms with Crippen molar-refractivity contribution in [2.24, 2.45) is 17.8 Å². The number of carbonyl (C=O) groups is 3. The van der Waals surface area contributed by atoms with Gasteiger partial charge in [-0.3, -0.25) is 19.3 Å². The summed E-state index contributed by atoms with van der Waals surface area (Å²) < 4.78 is 12.1. The maximum Gasteiger partial charge on any atom is 0.245 e. The van der Waals surface area contributed by atoms with Gasteiger partial charge in [0.15, 0.2) is 0 Å². The second kappa shape index (κ2) is 10.9. The number of aliphatic hydroxyl groups excluding tert-OH is 1. The van der Waals surface area contributed by atoms with Crippen LogP contribution in [0.1, 0.15) is 53.4 Å². The first kappa shape index (κ1) is 27.3. The highest BCUT2D eigenvalue weighted by Gasteiger charge is 2.79. The van der Waals surface area contributed by atoms with Gasteiger partial charge < -0.3 is 30.1 Å². The first-order valence-corrected chi connectivity index (χ1v) is 13.7. The Morgan fingerprint density at radius 1 is 1.11 bits per heavy atom. The molecule has 10 heteroatoms. The standard InChI is InChI=1S/C26H44N4O6/c1-5-9-27-22(32)19-20-24(34)30(18(16-31)17(3)4)21(26(20)8-7-25(19,6-2)36-26)23(33)28-10-11-29-12-14-35-15-13-29/h17-21,31H,5-16H2,1-4H3,(H,27,32)(H,28,33)/t18-,19+,20-,21?,25-,26?/m0/s1. The fourth-order valence-electron chi connectivity index (χ4n) is 6.95. The molecule has 0 aliphatic carbocycles. The van der Waals surface area contributed by atoms with E-state index in [1.54, 1.807) is 4.90 Å². The van der Waals surface area contributed by atoms with E-state index in [9.17, 15) is 19.5 Å². The van der Waals surface area contributed by atoms with Gasteiger partial charge in [0.1, 0.15) is 11.6 Å². The van der Waals surface area contributed by atoms with E-state index < -0.39 is 35.1 Å². The van der Waals surface area contributed by atoms with Crippen LogP contribution in [0, 0.1) is 17.8 Å². The minimum Gasteiger partial charge on any atom is -0.394 e. The van der Waals surface area contributed by atoms with Crippen LogP contribution in [0.15, 0.2) is 0 Å². The zero-order chi connectivity index (χ0) is 26.1. The molecule has 6 atom stereocenters. The van der Waals surface area contributed by atoms with Crippen LogP contribution >= 0.6 is 0 Å². The number of amides is 3. The summed E-state index contributed by atoms with van der Waals surface area (Å²) in [5.74, 6) is -2.12. The number of nitrogens with one attached hydrogen (secondary N) is 2. The van der Waals surface area contributed by atoms with Gasteiger partial charge in [0.05, 0.1) is 43.3 Å². The fourth-order valence-corrected chi connectivity index (χ4v) is 6.95. The molecule has 4 aliphatic heterocycles. The van der Waals surface area contributed by atoms with E-state index >= 15 is 0 Å². The fraction of sp³-hybridized carbons (Fsp3) is 0.885. The van der Waals surface area contributed by atoms with Crippen LogP contribution in [0.3, 0.4) is 0 Å². The Labute approximate surface area is 214 Å². The highest BCUT2D eigenvalue weighted by atomic mass is 16.5. The normalized spacial score (nSPS) is 34.8. The average Bonchev–Trinajstić information content (AvgIpc) is 3.47. The monoisotopic (exact) mass is 508 g/mol. The summed E-state index contributed by atoms with van der Waals surface area (Å²) in [6, 6.07) is -1.41. The van der Waals surface area contributed by atoms with Crippen molar-refractivity contribution < 1.29 is 29.0 Å². The summed E-state index contributed by atoms with van der Waals surface area (Å²) >= 11 is 0. The number of carbonyl (C=O) groups excluding carboxylic acids is 3. The number of likely N-dealkylation sites (tertiary alicyclic amines) is 1. The molecule has 0 radical (unpaired) electrons. The lowest BCUT2D eigenvalue weighted by Crippen LogP contribution is -2.59. The Bertz CT molecular complexity index is 833. The van der Waals surface area contributed by atoms with Crippen molar-refractivity contribution in [3.8, 4) is 0 Å². The first-order valence-electron chi connectivity index (χ1n) is 13.7. The molecule has 3 N–H and O–H groups in total. The predicted molar refractivity (Wildman–Crippen MR) is 133 cm³/mol. The third-order valence-corrected chi connectivity index (χ3v) is 8.84. The number of nitrogens with zero attached hydrogens (tertiary/aromatic N) is 2. The van der Waals surface area contributed by atoms with E-state index in [-0.39, 0.29) is 30.2 Å². The Morgan fingerprint density at radius 3 is 2.42 bits per heavy atom. The molecular weight excluding hydrogens is 464 g/mol. The highest BCUT2D eigenvalue weighted by molar-refractivity contribution is 5.99. The maximum absolute atomic E-state index is 14.1. The van der Waals surface area contributed by atoms with Gasteiger partial charge in [-0.2, -0.15) is 0 Å². The number of morpholine rings is 1. The molecule has 204 valence electrons. The van der Waals surface area contributed by atoms with Crippen molar-refractivity contribution in [3.63, 3.8) is 0 Å². The van der Waals surface area contributed by atoms with Gasteiger partial charge in [-0.15, -0.1) is 0 Å². The predicted octanol–water partition coefficient (Wildman–Crippen LogP) is 0.133. The number of rotatable bonds is 11. The van der Waals surface area contributed by atoms with E-state index in [1.807, 2.05) is 27.7 Å². The molecule has 4 heterocycles. The van der Waals surface area contributed by atoms with Gasteiger partial charge in [0.25, 0.3) is 0 Å². The quantitative estimate of drug-likeness (QED) is 0.363. The smallest absolute Gasteiger partial charge is 0.245 e. The molecule has 36 heavy (non-hydrogen) atoms. The van der Waals surface area contributed by atoms with Gasteiger partial charge in [0.2, 0.25) is 17.7 Å². The van der Waals surface area contributed by atoms with Gasteiger partial charge in [0, 0.05) is 32.7 Å². The number of aliphatic hydroxyl groups is 1. The molecule has 4 saturated heterocycles. The van der Waals surface area contributed by atoms with Crippen molar-refractivity contribution in [2.75, 3.05) is 52.5 Å². The summed E-state index contributed by atoms with van der Waals surface area (Å²) in [6.07, 6.45) is 2.57. The molecule has 3 amide bonds. The van der Waals surface area contributed by atoms with Crippen LogP contribution in [-0.2, 0) is 23.9 Å². The number of hydrogen-bond acceptors (Lipinski definition) is 7. The summed E-state index contributed by atoms with van der Waals surface area (Å²) in [7, 11) is 0. The Morgan fingerprint density at radius 2 is 1.81 bits per heavy atom. The molecule has 10 nitrogen and oxygen atoms in total. The summed E-state index contributed by atoms with van der Waals surface area (Å²) in [5, 5.41) is 16.3. The Hall–Kier alpha value is -1.75. The van der Waals surface area contributed by atoms with E-state index in [0.717, 1.165) is 19.5 Å². The van der Waals surface area contributed by atoms with Gasteiger partial charge >= 0.3 is 0 Å². The van der Waals surface area contributed by atoms with Crippen molar-refractivity contribution in [3.05, 3.63) is 0 Å². The molecule has 1 spiro atoms. The minimum atomic E-state index is -1.06. The number of hydrogen-bond donors (Lipinski definition) is 3. The third kappa shape index (κ3) is 4.44. The summed E-state index contributed by atoms with van der Waals surface area (Å²) in [6.45, 7) is 12.3. The SMILES string of the molecule is CCCNC(=O)[C@H]1[C@H]2C(=O)N([C@@H](CO)C(C)C)C(C(=O)NCCN3CCOCC3)C23CC[C@]1(CC)O3. The van der Waals surface area contributed by atoms with Gasteiger partial charge in [-0.25, -0.2) is 0 Å². The van der Waals surface area contributed by atoms with Crippen molar-refractivity contribution in [2.45, 2.75) is 76.7 Å². The number of ether oxygens (including phenoxy) is 2. The molecule has 0 aromatic rings. The van der Waals surface area contributed by atoms with Gasteiger partial charge in [-0.05, 0) is 31.6 Å². The van der Waals surface area contributed by atoms with Crippen LogP contribution in [0.4, 0.5) is 0 Å². The minimum absolute atomic E-state index is 0.0671. The largest absolute Gasteiger partial charge is 0.394 e. The lowest BCUT2D eigenvalue weighted by atomic mass is 9.65. The van der Waals surface area contributed by atoms with Crippen LogP contribution in [0.5, 0.6) is 0 Å². The molecule has 4 fully saturated rings. The molecule has 0 aromatic heterocycles. The molecule has 2 unspecified atom stereocenters. The third-order valence-electron chi connectivity index (χ3n) is 8.84. The topological polar surface area (TPSA) is 120 Å². The van der Waals surface area contributed by atoms with Gasteiger partial charge in [-0.1, -0.05) is 27.7 Å². The Kier molecular flexibility index (Phi) is 8.29. The lowest BCUT2D eigenvalue weighted by Gasteiger charge is -2.39. The molecule has 2 bridgehead atoms. The first-order chi connectivity index (χ1) is 17.3. The second-order valence-corrected chi connectivity index (χ2v) is 11.1. The molecule has 4 rings (SSSR count). The van der Waals surface area contributed by atoms with Crippen molar-refractivity contribution >= 4 is 17.7 Å². The van der Waals surface area contributed by atoms with E-state index in [4.69, 9.17) is 9.47 Å². The zero-order valence-electron chi connectivity index (χ0n) is 22.3. The lowest BCUT2D eigenvalue weighted by molar-refractivity contribution is -0.152. The van der Waals surface area contributed by atoms with Crippen LogP contribution < -0.4 is 10.6 Å². The zero-order valence-corrected chi connectivity index (χ0v) is 22.3. The van der Waals surface area contributed by atoms with Crippen molar-refractivity contribution in [1.29, 1.82) is 0 Å². The molecule has 0 saturated carbocycles.